The summed E-state index contributed by atoms with van der Waals surface area (Å²) >= 11 is 0. The first-order chi connectivity index (χ1) is 31.7. The summed E-state index contributed by atoms with van der Waals surface area (Å²) < 4.78 is 13.3. The number of fused-ring (bicyclic) bond motifs is 6. The van der Waals surface area contributed by atoms with Crippen LogP contribution in [-0.4, -0.2) is 109 Å². The molecule has 4 aliphatic rings. The monoisotopic (exact) mass is 915 g/mol. The van der Waals surface area contributed by atoms with Crippen LogP contribution in [0.4, 0.5) is 15.3 Å². The third-order valence-corrected chi connectivity index (χ3v) is 13.4. The minimum Gasteiger partial charge on any atom is -0.444 e. The van der Waals surface area contributed by atoms with Crippen molar-refractivity contribution in [3.8, 4) is 5.69 Å². The number of nitrogens with zero attached hydrogens (tertiary/aromatic N) is 6. The van der Waals surface area contributed by atoms with Crippen molar-refractivity contribution in [3.63, 3.8) is 0 Å². The summed E-state index contributed by atoms with van der Waals surface area (Å²) in [7, 11) is 0. The van der Waals surface area contributed by atoms with Crippen LogP contribution in [0, 0.1) is 22.0 Å². The van der Waals surface area contributed by atoms with E-state index in [1.807, 2.05) is 87.7 Å². The lowest BCUT2D eigenvalue weighted by molar-refractivity contribution is -0.384. The molecule has 0 atom stereocenters. The molecule has 2 saturated heterocycles. The van der Waals surface area contributed by atoms with Crippen molar-refractivity contribution in [3.05, 3.63) is 104 Å². The van der Waals surface area contributed by atoms with Gasteiger partial charge in [-0.25, -0.2) is 9.59 Å². The second kappa shape index (κ2) is 18.7. The Bertz CT molecular complexity index is 2690. The Morgan fingerprint density at radius 3 is 1.64 bits per heavy atom. The number of aromatic amines is 1. The average molecular weight is 916 g/mol. The molecule has 2 fully saturated rings. The summed E-state index contributed by atoms with van der Waals surface area (Å²) in [5.74, 6) is 1.45. The number of nitrogens with one attached hydrogen (secondary N) is 1. The van der Waals surface area contributed by atoms with Crippen molar-refractivity contribution in [2.24, 2.45) is 11.8 Å². The number of non-ortho nitro benzene ring substituents is 1. The van der Waals surface area contributed by atoms with E-state index in [4.69, 9.17) is 9.47 Å². The van der Waals surface area contributed by atoms with Gasteiger partial charge in [-0.2, -0.15) is 0 Å². The van der Waals surface area contributed by atoms with E-state index < -0.39 is 16.1 Å². The van der Waals surface area contributed by atoms with Crippen LogP contribution in [0.25, 0.3) is 27.5 Å². The number of ether oxygens (including phenoxy) is 2. The van der Waals surface area contributed by atoms with Gasteiger partial charge in [-0.3, -0.25) is 19.7 Å². The highest BCUT2D eigenvalue weighted by molar-refractivity contribution is 6.01. The zero-order chi connectivity index (χ0) is 47.9. The van der Waals surface area contributed by atoms with Crippen LogP contribution < -0.4 is 0 Å². The summed E-state index contributed by atoms with van der Waals surface area (Å²) in [6.07, 6.45) is 4.84. The van der Waals surface area contributed by atoms with Gasteiger partial charge in [0.2, 0.25) is 0 Å². The Kier molecular flexibility index (Phi) is 13.2. The van der Waals surface area contributed by atoms with Gasteiger partial charge in [0, 0.05) is 120 Å². The second-order valence-electron chi connectivity index (χ2n) is 20.9. The topological polar surface area (TPSA) is 164 Å². The smallest absolute Gasteiger partial charge is 0.410 e. The first-order valence-electron chi connectivity index (χ1n) is 23.8. The van der Waals surface area contributed by atoms with Crippen LogP contribution in [-0.2, 0) is 35.4 Å². The summed E-state index contributed by atoms with van der Waals surface area (Å²) in [5.41, 5.74) is 7.24. The summed E-state index contributed by atoms with van der Waals surface area (Å²) in [4.78, 5) is 73.4. The lowest BCUT2D eigenvalue weighted by Crippen LogP contribution is -2.40. The van der Waals surface area contributed by atoms with Crippen molar-refractivity contribution in [1.82, 2.24) is 29.2 Å². The van der Waals surface area contributed by atoms with Crippen LogP contribution in [0.1, 0.15) is 124 Å². The zero-order valence-electron chi connectivity index (χ0n) is 40.3. The van der Waals surface area contributed by atoms with E-state index in [2.05, 4.69) is 23.4 Å². The number of rotatable bonds is 4. The fraction of sp³-hybridized carbons (Fsp3) is 0.500. The Balaban J connectivity index is 0.000000188. The van der Waals surface area contributed by atoms with Gasteiger partial charge in [0.15, 0.2) is 0 Å². The SMILES string of the molecule is CC1CCN(C(=O)c2ccc3[nH]c4c(c3c2)CN(C(=O)OC(C)(C)C)CC4)CC1.CC1CCN(C(=O)c2ccc3c(c2)c2c(n3-c3ccc([N+](=O)[O-])cc3)CCN(C(=O)OC(C)(C)C)C2)CC1. The lowest BCUT2D eigenvalue weighted by atomic mass is 9.98. The van der Waals surface area contributed by atoms with Gasteiger partial charge < -0.3 is 38.6 Å². The first kappa shape index (κ1) is 47.1. The third-order valence-electron chi connectivity index (χ3n) is 13.4. The van der Waals surface area contributed by atoms with E-state index in [1.54, 1.807) is 21.9 Å². The molecule has 0 spiro atoms. The number of nitro benzene ring substituents is 1. The molecular formula is C52H65N7O8. The minimum atomic E-state index is -0.602. The number of nitro groups is 1. The maximum Gasteiger partial charge on any atom is 0.410 e. The second-order valence-corrected chi connectivity index (χ2v) is 20.9. The predicted molar refractivity (Wildman–Crippen MR) is 258 cm³/mol. The predicted octanol–water partition coefficient (Wildman–Crippen LogP) is 10.0. The maximum atomic E-state index is 13.4. The van der Waals surface area contributed by atoms with Gasteiger partial charge in [-0.05, 0) is 128 Å². The van der Waals surface area contributed by atoms with Gasteiger partial charge in [-0.15, -0.1) is 0 Å². The molecular weight excluding hydrogens is 851 g/mol. The standard InChI is InChI=1S/C29H34N4O5.C23H31N3O3/c1-19-11-14-30(15-12-19)27(34)20-5-10-25-23(17-20)24-18-31(28(35)38-29(2,3)4)16-13-26(24)32(25)21-6-8-22(9-7-21)33(36)37;1-15-7-10-25(11-8-15)21(27)16-5-6-19-17(13-16)18-14-26(12-9-20(18)24-19)22(28)29-23(2,3)4/h5-10,17,19H,11-16,18H2,1-4H3;5-6,13,15,24H,7-12,14H2,1-4H3. The minimum absolute atomic E-state index is 0.0236. The van der Waals surface area contributed by atoms with E-state index in [-0.39, 0.29) is 29.7 Å². The van der Waals surface area contributed by atoms with Gasteiger partial charge in [0.25, 0.3) is 17.5 Å². The van der Waals surface area contributed by atoms with Crippen LogP contribution in [0.3, 0.4) is 0 Å². The highest BCUT2D eigenvalue weighted by Gasteiger charge is 2.32. The number of likely N-dealkylation sites (tertiary alicyclic amines) is 2. The Labute approximate surface area is 392 Å². The molecule has 4 amide bonds. The van der Waals surface area contributed by atoms with E-state index >= 15 is 0 Å². The quantitative estimate of drug-likeness (QED) is 0.138. The Hall–Kier alpha value is -6.38. The molecule has 5 aromatic rings. The van der Waals surface area contributed by atoms with Gasteiger partial charge >= 0.3 is 12.2 Å². The molecule has 0 aliphatic carbocycles. The molecule has 6 heterocycles. The molecule has 15 heteroatoms. The van der Waals surface area contributed by atoms with E-state index in [1.165, 1.54) is 12.1 Å². The number of carbonyl (C=O) groups is 4. The van der Waals surface area contributed by atoms with Gasteiger partial charge in [0.1, 0.15) is 11.2 Å². The highest BCUT2D eigenvalue weighted by Crippen LogP contribution is 2.36. The molecule has 0 radical (unpaired) electrons. The molecule has 9 rings (SSSR count). The molecule has 0 unspecified atom stereocenters. The third kappa shape index (κ3) is 10.5. The first-order valence-corrected chi connectivity index (χ1v) is 23.8. The normalized spacial score (nSPS) is 17.1. The fourth-order valence-corrected chi connectivity index (χ4v) is 9.61. The Morgan fingerprint density at radius 1 is 0.627 bits per heavy atom. The number of amides is 4. The highest BCUT2D eigenvalue weighted by atomic mass is 16.6. The van der Waals surface area contributed by atoms with Crippen LogP contribution in [0.15, 0.2) is 60.7 Å². The molecule has 0 saturated carbocycles. The molecule has 2 aromatic heterocycles. The summed E-state index contributed by atoms with van der Waals surface area (Å²) in [6.45, 7) is 20.8. The van der Waals surface area contributed by atoms with E-state index in [9.17, 15) is 29.3 Å². The van der Waals surface area contributed by atoms with Crippen molar-refractivity contribution >= 4 is 51.5 Å². The zero-order valence-corrected chi connectivity index (χ0v) is 40.3. The molecule has 1 N–H and O–H groups in total. The molecule has 0 bridgehead atoms. The number of H-pyrrole nitrogens is 1. The lowest BCUT2D eigenvalue weighted by Gasteiger charge is -2.31. The largest absolute Gasteiger partial charge is 0.444 e. The number of benzene rings is 3. The van der Waals surface area contributed by atoms with Gasteiger partial charge in [0.05, 0.1) is 23.5 Å². The van der Waals surface area contributed by atoms with E-state index in [0.29, 0.717) is 50.0 Å². The van der Waals surface area contributed by atoms with Crippen molar-refractivity contribution in [2.45, 2.75) is 118 Å². The molecule has 4 aliphatic heterocycles. The fourth-order valence-electron chi connectivity index (χ4n) is 9.61. The molecule has 356 valence electrons. The van der Waals surface area contributed by atoms with Crippen LogP contribution >= 0.6 is 0 Å². The average Bonchev–Trinajstić information content (AvgIpc) is 3.82. The molecule has 15 nitrogen and oxygen atoms in total. The number of aromatic nitrogens is 2. The van der Waals surface area contributed by atoms with E-state index in [0.717, 1.165) is 114 Å². The molecule has 67 heavy (non-hydrogen) atoms. The van der Waals surface area contributed by atoms with Crippen molar-refractivity contribution < 1.29 is 33.6 Å². The van der Waals surface area contributed by atoms with Crippen molar-refractivity contribution in [2.75, 3.05) is 39.3 Å². The summed E-state index contributed by atoms with van der Waals surface area (Å²) in [6, 6.07) is 18.1. The molecule has 3 aromatic carbocycles. The number of hydrogen-bond acceptors (Lipinski definition) is 8. The summed E-state index contributed by atoms with van der Waals surface area (Å²) in [5, 5.41) is 13.1. The van der Waals surface area contributed by atoms with Crippen LogP contribution in [0.2, 0.25) is 0 Å². The maximum absolute atomic E-state index is 13.4. The number of piperidine rings is 2. The van der Waals surface area contributed by atoms with Gasteiger partial charge in [-0.1, -0.05) is 13.8 Å². The van der Waals surface area contributed by atoms with Crippen molar-refractivity contribution in [1.29, 1.82) is 0 Å². The number of carbonyl (C=O) groups excluding carboxylic acids is 4. The van der Waals surface area contributed by atoms with Crippen LogP contribution in [0.5, 0.6) is 0 Å². The Morgan fingerprint density at radius 2 is 1.12 bits per heavy atom. The number of hydrogen-bond donors (Lipinski definition) is 1.